The second kappa shape index (κ2) is 6.26. The Morgan fingerprint density at radius 3 is 2.35 bits per heavy atom. The highest BCUT2D eigenvalue weighted by Gasteiger charge is 2.49. The summed E-state index contributed by atoms with van der Waals surface area (Å²) in [5.41, 5.74) is 1.21. The molecule has 1 heterocycles. The number of rotatable bonds is 4. The number of carbonyl (C=O) groups excluding carboxylic acids is 1. The van der Waals surface area contributed by atoms with Crippen molar-refractivity contribution in [3.63, 3.8) is 0 Å². The van der Waals surface area contributed by atoms with E-state index in [4.69, 9.17) is 14.2 Å². The second-order valence-corrected chi connectivity index (χ2v) is 5.20. The molecule has 4 heteroatoms. The van der Waals surface area contributed by atoms with Crippen LogP contribution in [0.4, 0.5) is 0 Å². The largest absolute Gasteiger partial charge is 0.497 e. The highest BCUT2D eigenvalue weighted by atomic mass is 16.6. The Bertz CT molecular complexity index is 719. The molecule has 0 aromatic heterocycles. The van der Waals surface area contributed by atoms with Crippen LogP contribution in [0.2, 0.25) is 0 Å². The van der Waals surface area contributed by atoms with Gasteiger partial charge >= 0.3 is 5.97 Å². The van der Waals surface area contributed by atoms with Crippen molar-refractivity contribution in [3.8, 4) is 5.75 Å². The third-order valence-corrected chi connectivity index (χ3v) is 4.02. The van der Waals surface area contributed by atoms with E-state index in [-0.39, 0.29) is 0 Å². The van der Waals surface area contributed by atoms with Gasteiger partial charge in [0, 0.05) is 5.57 Å². The van der Waals surface area contributed by atoms with Gasteiger partial charge < -0.3 is 14.2 Å². The number of hydrogen-bond donors (Lipinski definition) is 0. The first kappa shape index (κ1) is 15.3. The standard InChI is InChI=1S/C19H18O4/c1-21-16-10-8-15(9-11-16)19(18(20)22-2)17(12-13-23-19)14-6-4-3-5-7-14/h3-12H,13H2,1-2H3. The molecule has 0 spiro atoms. The number of hydrogen-bond acceptors (Lipinski definition) is 4. The molecule has 0 amide bonds. The fourth-order valence-corrected chi connectivity index (χ4v) is 2.91. The smallest absolute Gasteiger partial charge is 0.347 e. The summed E-state index contributed by atoms with van der Waals surface area (Å²) < 4.78 is 16.2. The van der Waals surface area contributed by atoms with Gasteiger partial charge in [0.2, 0.25) is 5.60 Å². The molecule has 3 rings (SSSR count). The van der Waals surface area contributed by atoms with Gasteiger partial charge in [0.1, 0.15) is 5.75 Å². The Morgan fingerprint density at radius 1 is 1.04 bits per heavy atom. The Balaban J connectivity index is 2.13. The monoisotopic (exact) mass is 310 g/mol. The van der Waals surface area contributed by atoms with Crippen molar-refractivity contribution in [3.05, 3.63) is 71.8 Å². The minimum atomic E-state index is -1.25. The van der Waals surface area contributed by atoms with Gasteiger partial charge in [0.25, 0.3) is 0 Å². The van der Waals surface area contributed by atoms with Crippen LogP contribution in [0.1, 0.15) is 11.1 Å². The molecule has 1 unspecified atom stereocenters. The van der Waals surface area contributed by atoms with Gasteiger partial charge in [-0.3, -0.25) is 0 Å². The SMILES string of the molecule is COC(=O)C1(c2ccc(OC)cc2)OCC=C1c1ccccc1. The average molecular weight is 310 g/mol. The van der Waals surface area contributed by atoms with E-state index >= 15 is 0 Å². The summed E-state index contributed by atoms with van der Waals surface area (Å²) in [5, 5.41) is 0. The van der Waals surface area contributed by atoms with E-state index in [1.54, 1.807) is 7.11 Å². The van der Waals surface area contributed by atoms with E-state index in [9.17, 15) is 4.79 Å². The number of benzene rings is 2. The van der Waals surface area contributed by atoms with Crippen molar-refractivity contribution >= 4 is 11.5 Å². The maximum absolute atomic E-state index is 12.7. The summed E-state index contributed by atoms with van der Waals surface area (Å²) in [6.07, 6.45) is 1.93. The molecule has 4 nitrogen and oxygen atoms in total. The third kappa shape index (κ3) is 2.51. The van der Waals surface area contributed by atoms with E-state index < -0.39 is 11.6 Å². The van der Waals surface area contributed by atoms with E-state index in [1.165, 1.54) is 7.11 Å². The molecule has 0 fully saturated rings. The average Bonchev–Trinajstić information content (AvgIpc) is 3.08. The Hall–Kier alpha value is -2.59. The quantitative estimate of drug-likeness (QED) is 0.814. The van der Waals surface area contributed by atoms with Crippen molar-refractivity contribution in [2.24, 2.45) is 0 Å². The molecule has 1 aliphatic heterocycles. The summed E-state index contributed by atoms with van der Waals surface area (Å²) in [5.74, 6) is 0.285. The van der Waals surface area contributed by atoms with E-state index in [0.29, 0.717) is 6.61 Å². The van der Waals surface area contributed by atoms with Crippen LogP contribution in [0.3, 0.4) is 0 Å². The van der Waals surface area contributed by atoms with Crippen LogP contribution in [0.15, 0.2) is 60.7 Å². The van der Waals surface area contributed by atoms with Gasteiger partial charge in [0.15, 0.2) is 0 Å². The lowest BCUT2D eigenvalue weighted by Crippen LogP contribution is -2.38. The molecule has 23 heavy (non-hydrogen) atoms. The van der Waals surface area contributed by atoms with Crippen molar-refractivity contribution < 1.29 is 19.0 Å². The normalized spacial score (nSPS) is 20.0. The van der Waals surface area contributed by atoms with Gasteiger partial charge in [-0.25, -0.2) is 4.79 Å². The lowest BCUT2D eigenvalue weighted by atomic mass is 9.83. The topological polar surface area (TPSA) is 44.8 Å². The molecule has 0 saturated heterocycles. The minimum Gasteiger partial charge on any atom is -0.497 e. The molecule has 1 aliphatic rings. The fourth-order valence-electron chi connectivity index (χ4n) is 2.91. The molecular formula is C19H18O4. The highest BCUT2D eigenvalue weighted by molar-refractivity contribution is 5.98. The summed E-state index contributed by atoms with van der Waals surface area (Å²) in [7, 11) is 2.98. The van der Waals surface area contributed by atoms with Crippen LogP contribution < -0.4 is 4.74 Å². The third-order valence-electron chi connectivity index (χ3n) is 4.02. The molecule has 0 radical (unpaired) electrons. The Kier molecular flexibility index (Phi) is 4.17. The highest BCUT2D eigenvalue weighted by Crippen LogP contribution is 2.44. The lowest BCUT2D eigenvalue weighted by Gasteiger charge is -2.29. The zero-order valence-corrected chi connectivity index (χ0v) is 13.1. The summed E-state index contributed by atoms with van der Waals surface area (Å²) >= 11 is 0. The molecule has 118 valence electrons. The van der Waals surface area contributed by atoms with Crippen LogP contribution in [0.25, 0.3) is 5.57 Å². The second-order valence-electron chi connectivity index (χ2n) is 5.20. The van der Waals surface area contributed by atoms with Crippen molar-refractivity contribution in [1.29, 1.82) is 0 Å². The number of esters is 1. The molecule has 0 bridgehead atoms. The first-order chi connectivity index (χ1) is 11.2. The van der Waals surface area contributed by atoms with Crippen LogP contribution in [0.5, 0.6) is 5.75 Å². The summed E-state index contributed by atoms with van der Waals surface area (Å²) in [4.78, 5) is 12.7. The molecule has 0 saturated carbocycles. The Morgan fingerprint density at radius 2 is 1.74 bits per heavy atom. The number of ether oxygens (including phenoxy) is 3. The van der Waals surface area contributed by atoms with Gasteiger partial charge in [-0.05, 0) is 23.3 Å². The van der Waals surface area contributed by atoms with Crippen LogP contribution in [-0.2, 0) is 19.9 Å². The number of carbonyl (C=O) groups is 1. The molecule has 0 N–H and O–H groups in total. The van der Waals surface area contributed by atoms with Gasteiger partial charge in [0.05, 0.1) is 20.8 Å². The molecule has 2 aromatic carbocycles. The van der Waals surface area contributed by atoms with Crippen molar-refractivity contribution in [2.45, 2.75) is 5.60 Å². The maximum Gasteiger partial charge on any atom is 0.347 e. The van der Waals surface area contributed by atoms with Crippen molar-refractivity contribution in [1.82, 2.24) is 0 Å². The van der Waals surface area contributed by atoms with Gasteiger partial charge in [-0.2, -0.15) is 0 Å². The maximum atomic E-state index is 12.7. The zero-order valence-electron chi connectivity index (χ0n) is 13.1. The minimum absolute atomic E-state index is 0.353. The van der Waals surface area contributed by atoms with Crippen LogP contribution in [-0.4, -0.2) is 26.8 Å². The zero-order chi connectivity index (χ0) is 16.3. The molecule has 0 aliphatic carbocycles. The van der Waals surface area contributed by atoms with Crippen LogP contribution in [0, 0.1) is 0 Å². The molecular weight excluding hydrogens is 292 g/mol. The first-order valence-electron chi connectivity index (χ1n) is 7.35. The van der Waals surface area contributed by atoms with E-state index in [2.05, 4.69) is 0 Å². The van der Waals surface area contributed by atoms with Crippen molar-refractivity contribution in [2.75, 3.05) is 20.8 Å². The van der Waals surface area contributed by atoms with E-state index in [1.807, 2.05) is 60.7 Å². The van der Waals surface area contributed by atoms with Crippen LogP contribution >= 0.6 is 0 Å². The van der Waals surface area contributed by atoms with E-state index in [0.717, 1.165) is 22.4 Å². The lowest BCUT2D eigenvalue weighted by molar-refractivity contribution is -0.160. The predicted octanol–water partition coefficient (Wildman–Crippen LogP) is 3.18. The number of methoxy groups -OCH3 is 2. The summed E-state index contributed by atoms with van der Waals surface area (Å²) in [6.45, 7) is 0.353. The van der Waals surface area contributed by atoms with Gasteiger partial charge in [-0.1, -0.05) is 48.5 Å². The Labute approximate surface area is 135 Å². The summed E-state index contributed by atoms with van der Waals surface area (Å²) in [6, 6.07) is 17.0. The molecule has 2 aromatic rings. The first-order valence-corrected chi connectivity index (χ1v) is 7.35. The predicted molar refractivity (Wildman–Crippen MR) is 87.1 cm³/mol. The molecule has 1 atom stereocenters. The van der Waals surface area contributed by atoms with Gasteiger partial charge in [-0.15, -0.1) is 0 Å². The fraction of sp³-hybridized carbons (Fsp3) is 0.211.